The number of fused-ring (bicyclic) bond motifs is 5. The van der Waals surface area contributed by atoms with Crippen LogP contribution in [-0.4, -0.2) is 45.8 Å². The normalized spacial score (nSPS) is 38.8. The average molecular weight is 374 g/mol. The van der Waals surface area contributed by atoms with Crippen molar-refractivity contribution in [1.29, 1.82) is 0 Å². The van der Waals surface area contributed by atoms with E-state index < -0.39 is 24.8 Å². The zero-order valence-electron chi connectivity index (χ0n) is 15.2. The third-order valence-corrected chi connectivity index (χ3v) is 6.94. The van der Waals surface area contributed by atoms with Crippen molar-refractivity contribution in [1.82, 2.24) is 0 Å². The van der Waals surface area contributed by atoms with Gasteiger partial charge in [0.25, 0.3) is 0 Å². The Labute approximate surface area is 157 Å². The fraction of sp³-hybridized carbons (Fsp3) is 0.600. The van der Waals surface area contributed by atoms with Crippen LogP contribution in [0.2, 0.25) is 0 Å². The SMILES string of the molecule is C[C@]12CC[C@H]3c4ccc(O)cc4/C(=N\OCC(=O)[O-])C[C@H]3[C@@H]1C[C@@H](O)[C@@H]2O. The summed E-state index contributed by atoms with van der Waals surface area (Å²) in [5, 5.41) is 45.4. The number of benzene rings is 1. The molecule has 0 spiro atoms. The summed E-state index contributed by atoms with van der Waals surface area (Å²) in [5.74, 6) is -0.688. The molecule has 7 nitrogen and oxygen atoms in total. The molecule has 0 amide bonds. The van der Waals surface area contributed by atoms with Crippen LogP contribution in [0, 0.1) is 17.3 Å². The number of hydrogen-bond acceptors (Lipinski definition) is 7. The first-order valence-electron chi connectivity index (χ1n) is 9.39. The molecule has 0 aliphatic heterocycles. The van der Waals surface area contributed by atoms with Crippen LogP contribution < -0.4 is 5.11 Å². The fourth-order valence-electron chi connectivity index (χ4n) is 5.65. The lowest BCUT2D eigenvalue weighted by Gasteiger charge is -2.49. The van der Waals surface area contributed by atoms with Crippen LogP contribution in [0.3, 0.4) is 0 Å². The average Bonchev–Trinajstić information content (AvgIpc) is 2.85. The van der Waals surface area contributed by atoms with Crippen molar-refractivity contribution in [2.45, 2.75) is 50.7 Å². The molecular formula is C20H24NO6-. The maximum Gasteiger partial charge on any atom is 0.156 e. The second-order valence-electron chi connectivity index (χ2n) is 8.33. The maximum absolute atomic E-state index is 10.6. The minimum absolute atomic E-state index is 0.118. The summed E-state index contributed by atoms with van der Waals surface area (Å²) in [6, 6.07) is 5.17. The molecule has 0 heterocycles. The molecule has 0 saturated heterocycles. The van der Waals surface area contributed by atoms with Gasteiger partial charge in [-0.25, -0.2) is 0 Å². The van der Waals surface area contributed by atoms with Crippen LogP contribution in [0.5, 0.6) is 5.75 Å². The van der Waals surface area contributed by atoms with Crippen LogP contribution in [0.1, 0.15) is 49.7 Å². The van der Waals surface area contributed by atoms with Crippen molar-refractivity contribution < 1.29 is 30.1 Å². The summed E-state index contributed by atoms with van der Waals surface area (Å²) in [5.41, 5.74) is 2.07. The molecule has 2 fully saturated rings. The Kier molecular flexibility index (Phi) is 4.39. The topological polar surface area (TPSA) is 122 Å². The Balaban J connectivity index is 1.73. The van der Waals surface area contributed by atoms with E-state index in [9.17, 15) is 25.2 Å². The molecule has 6 atom stereocenters. The molecule has 1 aromatic carbocycles. The second-order valence-corrected chi connectivity index (χ2v) is 8.33. The van der Waals surface area contributed by atoms with Gasteiger partial charge < -0.3 is 30.1 Å². The van der Waals surface area contributed by atoms with Crippen molar-refractivity contribution in [2.24, 2.45) is 22.4 Å². The Bertz CT molecular complexity index is 793. The molecule has 2 saturated carbocycles. The van der Waals surface area contributed by atoms with E-state index in [1.807, 2.05) is 13.0 Å². The number of aliphatic carboxylic acids is 1. The molecule has 4 rings (SSSR count). The van der Waals surface area contributed by atoms with Gasteiger partial charge in [0.1, 0.15) is 5.75 Å². The molecule has 3 aliphatic carbocycles. The Morgan fingerprint density at radius 1 is 1.41 bits per heavy atom. The van der Waals surface area contributed by atoms with Crippen LogP contribution in [0.4, 0.5) is 0 Å². The number of carbonyl (C=O) groups excluding carboxylic acids is 1. The van der Waals surface area contributed by atoms with E-state index in [2.05, 4.69) is 5.16 Å². The van der Waals surface area contributed by atoms with Gasteiger partial charge in [-0.2, -0.15) is 0 Å². The first-order valence-corrected chi connectivity index (χ1v) is 9.39. The number of carboxylic acid groups (broad SMARTS) is 1. The number of aliphatic hydroxyl groups is 2. The standard InChI is InChI=1S/C20H25NO6/c1-20-5-4-12-11-3-2-10(22)6-14(11)16(21-27-9-18(24)25)7-13(12)15(20)8-17(23)19(20)26/h2-3,6,12-13,15,17,19,22-23,26H,4-5,7-9H2,1H3,(H,24,25)/p-1/b21-16-/t12-,13+,15-,17+,19-,20-/m0/s1. The number of aromatic hydroxyl groups is 1. The minimum atomic E-state index is -1.35. The lowest BCUT2D eigenvalue weighted by atomic mass is 9.55. The Morgan fingerprint density at radius 3 is 2.93 bits per heavy atom. The van der Waals surface area contributed by atoms with Gasteiger partial charge in [0.2, 0.25) is 0 Å². The van der Waals surface area contributed by atoms with Crippen molar-refractivity contribution >= 4 is 11.7 Å². The van der Waals surface area contributed by atoms with Crippen molar-refractivity contribution in [3.8, 4) is 5.75 Å². The van der Waals surface area contributed by atoms with Crippen LogP contribution in [0.15, 0.2) is 23.4 Å². The number of phenols is 1. The Morgan fingerprint density at radius 2 is 2.19 bits per heavy atom. The first-order chi connectivity index (χ1) is 12.8. The van der Waals surface area contributed by atoms with Gasteiger partial charge in [-0.3, -0.25) is 0 Å². The third-order valence-electron chi connectivity index (χ3n) is 6.94. The summed E-state index contributed by atoms with van der Waals surface area (Å²) in [7, 11) is 0. The minimum Gasteiger partial charge on any atom is -0.546 e. The number of rotatable bonds is 3. The smallest absolute Gasteiger partial charge is 0.156 e. The van der Waals surface area contributed by atoms with E-state index in [1.165, 1.54) is 0 Å². The molecule has 3 N–H and O–H groups in total. The number of hydrogen-bond donors (Lipinski definition) is 3. The third kappa shape index (κ3) is 2.89. The fourth-order valence-corrected chi connectivity index (χ4v) is 5.65. The summed E-state index contributed by atoms with van der Waals surface area (Å²) < 4.78 is 0. The zero-order valence-corrected chi connectivity index (χ0v) is 15.2. The number of phenolic OH excluding ortho intramolecular Hbond substituents is 1. The molecule has 0 bridgehead atoms. The van der Waals surface area contributed by atoms with E-state index in [4.69, 9.17) is 4.84 Å². The molecule has 3 aliphatic rings. The van der Waals surface area contributed by atoms with E-state index in [0.717, 1.165) is 24.0 Å². The van der Waals surface area contributed by atoms with Gasteiger partial charge in [-0.05, 0) is 66.5 Å². The lowest BCUT2D eigenvalue weighted by molar-refractivity contribution is -0.309. The van der Waals surface area contributed by atoms with Gasteiger partial charge in [0, 0.05) is 5.56 Å². The first kappa shape index (κ1) is 18.3. The zero-order chi connectivity index (χ0) is 19.3. The van der Waals surface area contributed by atoms with E-state index in [1.54, 1.807) is 12.1 Å². The molecule has 0 unspecified atom stereocenters. The number of carbonyl (C=O) groups is 1. The monoisotopic (exact) mass is 374 g/mol. The summed E-state index contributed by atoms with van der Waals surface area (Å²) in [6.45, 7) is 1.41. The van der Waals surface area contributed by atoms with Gasteiger partial charge in [0.15, 0.2) is 6.61 Å². The molecular weight excluding hydrogens is 350 g/mol. The maximum atomic E-state index is 10.6. The largest absolute Gasteiger partial charge is 0.546 e. The lowest BCUT2D eigenvalue weighted by Crippen LogP contribution is -2.45. The molecule has 27 heavy (non-hydrogen) atoms. The summed E-state index contributed by atoms with van der Waals surface area (Å²) in [4.78, 5) is 15.6. The van der Waals surface area contributed by atoms with Gasteiger partial charge in [-0.15, -0.1) is 0 Å². The van der Waals surface area contributed by atoms with Gasteiger partial charge in [0.05, 0.1) is 23.9 Å². The van der Waals surface area contributed by atoms with Crippen molar-refractivity contribution in [3.63, 3.8) is 0 Å². The number of oxime groups is 1. The van der Waals surface area contributed by atoms with Crippen LogP contribution >= 0.6 is 0 Å². The highest BCUT2D eigenvalue weighted by Crippen LogP contribution is 2.61. The van der Waals surface area contributed by atoms with Gasteiger partial charge in [-0.1, -0.05) is 18.1 Å². The predicted molar refractivity (Wildman–Crippen MR) is 93.9 cm³/mol. The van der Waals surface area contributed by atoms with Gasteiger partial charge >= 0.3 is 0 Å². The van der Waals surface area contributed by atoms with E-state index in [-0.39, 0.29) is 28.9 Å². The van der Waals surface area contributed by atoms with Crippen LogP contribution in [-0.2, 0) is 9.63 Å². The van der Waals surface area contributed by atoms with Crippen molar-refractivity contribution in [2.75, 3.05) is 6.61 Å². The number of carboxylic acids is 1. The Hall–Kier alpha value is -2.12. The summed E-state index contributed by atoms with van der Waals surface area (Å²) in [6.07, 6.45) is 1.33. The molecule has 146 valence electrons. The quantitative estimate of drug-likeness (QED) is 0.663. The molecule has 7 heteroatoms. The molecule has 1 aromatic rings. The highest BCUT2D eigenvalue weighted by molar-refractivity contribution is 6.03. The van der Waals surface area contributed by atoms with E-state index in [0.29, 0.717) is 18.6 Å². The highest BCUT2D eigenvalue weighted by atomic mass is 16.6. The van der Waals surface area contributed by atoms with Crippen molar-refractivity contribution in [3.05, 3.63) is 29.3 Å². The summed E-state index contributed by atoms with van der Waals surface area (Å²) >= 11 is 0. The highest BCUT2D eigenvalue weighted by Gasteiger charge is 2.58. The number of nitrogens with zero attached hydrogens (tertiary/aromatic N) is 1. The van der Waals surface area contributed by atoms with Crippen LogP contribution in [0.25, 0.3) is 0 Å². The second kappa shape index (κ2) is 6.49. The number of aliphatic hydroxyl groups excluding tert-OH is 2. The van der Waals surface area contributed by atoms with E-state index >= 15 is 0 Å². The predicted octanol–water partition coefficient (Wildman–Crippen LogP) is 0.508. The molecule has 0 radical (unpaired) electrons. The molecule has 0 aromatic heterocycles.